The van der Waals surface area contributed by atoms with Crippen molar-refractivity contribution in [3.05, 3.63) is 46.0 Å². The second kappa shape index (κ2) is 6.78. The number of benzene rings is 1. The lowest BCUT2D eigenvalue weighted by Gasteiger charge is -2.18. The number of hydrogen-bond acceptors (Lipinski definition) is 4. The molecule has 2 aromatic rings. The summed E-state index contributed by atoms with van der Waals surface area (Å²) in [5, 5.41) is 7.85. The van der Waals surface area contributed by atoms with Gasteiger partial charge in [0.15, 0.2) is 0 Å². The number of hydrogen-bond donors (Lipinski definition) is 1. The number of aromatic nitrogens is 2. The molecular weight excluding hydrogens is 254 g/mol. The monoisotopic (exact) mass is 275 g/mol. The first-order valence-electron chi connectivity index (χ1n) is 6.87. The standard InChI is InChI=1S/C15H21N3S/c1-4-10-16-14(12-8-6-11(3)7-9-12)15-13(5-2)17-18-19-15/h6-9,14,16H,4-5,10H2,1-3H3. The fourth-order valence-electron chi connectivity index (χ4n) is 2.09. The summed E-state index contributed by atoms with van der Waals surface area (Å²) < 4.78 is 4.12. The second-order valence-electron chi connectivity index (χ2n) is 4.74. The van der Waals surface area contributed by atoms with E-state index in [0.29, 0.717) is 0 Å². The highest BCUT2D eigenvalue weighted by Gasteiger charge is 2.19. The third-order valence-corrected chi connectivity index (χ3v) is 4.02. The van der Waals surface area contributed by atoms with Gasteiger partial charge in [0.1, 0.15) is 0 Å². The fourth-order valence-corrected chi connectivity index (χ4v) is 2.93. The van der Waals surface area contributed by atoms with Gasteiger partial charge in [-0.2, -0.15) is 0 Å². The highest BCUT2D eigenvalue weighted by molar-refractivity contribution is 7.05. The van der Waals surface area contributed by atoms with Crippen molar-refractivity contribution in [3.63, 3.8) is 0 Å². The Morgan fingerprint density at radius 3 is 2.58 bits per heavy atom. The molecule has 0 saturated carbocycles. The molecule has 0 bridgehead atoms. The van der Waals surface area contributed by atoms with Crippen LogP contribution in [-0.4, -0.2) is 16.1 Å². The Labute approximate surface area is 119 Å². The first-order valence-corrected chi connectivity index (χ1v) is 7.64. The van der Waals surface area contributed by atoms with E-state index >= 15 is 0 Å². The van der Waals surface area contributed by atoms with Crippen molar-refractivity contribution in [1.82, 2.24) is 14.9 Å². The van der Waals surface area contributed by atoms with Gasteiger partial charge < -0.3 is 5.32 Å². The van der Waals surface area contributed by atoms with E-state index in [0.717, 1.165) is 25.1 Å². The summed E-state index contributed by atoms with van der Waals surface area (Å²) in [6.07, 6.45) is 2.05. The molecule has 1 atom stereocenters. The van der Waals surface area contributed by atoms with Crippen LogP contribution in [0.15, 0.2) is 24.3 Å². The molecule has 1 heterocycles. The van der Waals surface area contributed by atoms with Gasteiger partial charge in [-0.15, -0.1) is 5.10 Å². The number of nitrogens with one attached hydrogen (secondary N) is 1. The molecular formula is C15H21N3S. The second-order valence-corrected chi connectivity index (χ2v) is 5.52. The van der Waals surface area contributed by atoms with Gasteiger partial charge in [0, 0.05) is 0 Å². The highest BCUT2D eigenvalue weighted by Crippen LogP contribution is 2.27. The Morgan fingerprint density at radius 2 is 1.95 bits per heavy atom. The normalized spacial score (nSPS) is 12.6. The van der Waals surface area contributed by atoms with Crippen LogP contribution in [0.1, 0.15) is 48.0 Å². The van der Waals surface area contributed by atoms with Crippen LogP contribution in [0.2, 0.25) is 0 Å². The summed E-state index contributed by atoms with van der Waals surface area (Å²) >= 11 is 1.51. The van der Waals surface area contributed by atoms with Crippen molar-refractivity contribution in [2.45, 2.75) is 39.7 Å². The highest BCUT2D eigenvalue weighted by atomic mass is 32.1. The molecule has 2 rings (SSSR count). The minimum Gasteiger partial charge on any atom is -0.305 e. The maximum Gasteiger partial charge on any atom is 0.0804 e. The lowest BCUT2D eigenvalue weighted by atomic mass is 10.0. The van der Waals surface area contributed by atoms with Gasteiger partial charge in [-0.05, 0) is 43.4 Å². The van der Waals surface area contributed by atoms with Gasteiger partial charge in [-0.3, -0.25) is 0 Å². The molecule has 19 heavy (non-hydrogen) atoms. The maximum atomic E-state index is 4.24. The third kappa shape index (κ3) is 3.39. The van der Waals surface area contributed by atoms with Crippen molar-refractivity contribution in [2.75, 3.05) is 6.54 Å². The van der Waals surface area contributed by atoms with E-state index in [2.05, 4.69) is 59.9 Å². The van der Waals surface area contributed by atoms with Crippen molar-refractivity contribution >= 4 is 11.5 Å². The molecule has 0 amide bonds. The van der Waals surface area contributed by atoms with Crippen LogP contribution in [0.25, 0.3) is 0 Å². The molecule has 0 aliphatic carbocycles. The minimum absolute atomic E-state index is 0.218. The zero-order chi connectivity index (χ0) is 13.7. The molecule has 1 aromatic carbocycles. The predicted octanol–water partition coefficient (Wildman–Crippen LogP) is 3.50. The van der Waals surface area contributed by atoms with E-state index < -0.39 is 0 Å². The van der Waals surface area contributed by atoms with Crippen LogP contribution >= 0.6 is 11.5 Å². The Balaban J connectivity index is 2.32. The smallest absolute Gasteiger partial charge is 0.0804 e. The molecule has 0 saturated heterocycles. The van der Waals surface area contributed by atoms with Crippen molar-refractivity contribution in [3.8, 4) is 0 Å². The van der Waals surface area contributed by atoms with E-state index in [1.54, 1.807) is 0 Å². The van der Waals surface area contributed by atoms with Crippen LogP contribution in [0.3, 0.4) is 0 Å². The van der Waals surface area contributed by atoms with Gasteiger partial charge in [0.2, 0.25) is 0 Å². The van der Waals surface area contributed by atoms with Gasteiger partial charge in [0.25, 0.3) is 0 Å². The number of aryl methyl sites for hydroxylation is 2. The molecule has 1 N–H and O–H groups in total. The summed E-state index contributed by atoms with van der Waals surface area (Å²) in [5.41, 5.74) is 3.69. The summed E-state index contributed by atoms with van der Waals surface area (Å²) in [6.45, 7) is 7.43. The average Bonchev–Trinajstić information content (AvgIpc) is 2.89. The predicted molar refractivity (Wildman–Crippen MR) is 80.6 cm³/mol. The summed E-state index contributed by atoms with van der Waals surface area (Å²) in [7, 11) is 0. The van der Waals surface area contributed by atoms with Gasteiger partial charge >= 0.3 is 0 Å². The molecule has 0 radical (unpaired) electrons. The van der Waals surface area contributed by atoms with Crippen molar-refractivity contribution < 1.29 is 0 Å². The van der Waals surface area contributed by atoms with E-state index in [4.69, 9.17) is 0 Å². The Hall–Kier alpha value is -1.26. The summed E-state index contributed by atoms with van der Waals surface area (Å²) in [6, 6.07) is 8.94. The minimum atomic E-state index is 0.218. The quantitative estimate of drug-likeness (QED) is 0.877. The largest absolute Gasteiger partial charge is 0.305 e. The van der Waals surface area contributed by atoms with Crippen LogP contribution in [-0.2, 0) is 6.42 Å². The number of nitrogens with zero attached hydrogens (tertiary/aromatic N) is 2. The SMILES string of the molecule is CCCNC(c1ccc(C)cc1)c1snnc1CC. The first-order chi connectivity index (χ1) is 9.26. The average molecular weight is 275 g/mol. The van der Waals surface area contributed by atoms with Crippen molar-refractivity contribution in [2.24, 2.45) is 0 Å². The van der Waals surface area contributed by atoms with Gasteiger partial charge in [-0.1, -0.05) is 48.2 Å². The zero-order valence-electron chi connectivity index (χ0n) is 11.8. The molecule has 4 heteroatoms. The molecule has 102 valence electrons. The first kappa shape index (κ1) is 14.2. The molecule has 0 aliphatic rings. The van der Waals surface area contributed by atoms with Crippen LogP contribution in [0.4, 0.5) is 0 Å². The zero-order valence-corrected chi connectivity index (χ0v) is 12.6. The molecule has 1 unspecified atom stereocenters. The van der Waals surface area contributed by atoms with Gasteiger partial charge in [-0.25, -0.2) is 0 Å². The van der Waals surface area contributed by atoms with E-state index in [1.165, 1.54) is 27.5 Å². The molecule has 0 spiro atoms. The van der Waals surface area contributed by atoms with Crippen LogP contribution in [0, 0.1) is 6.92 Å². The van der Waals surface area contributed by atoms with E-state index in [1.807, 2.05) is 0 Å². The van der Waals surface area contributed by atoms with Crippen molar-refractivity contribution in [1.29, 1.82) is 0 Å². The summed E-state index contributed by atoms with van der Waals surface area (Å²) in [4.78, 5) is 1.25. The third-order valence-electron chi connectivity index (χ3n) is 3.19. The molecule has 3 nitrogen and oxygen atoms in total. The lowest BCUT2D eigenvalue weighted by molar-refractivity contribution is 0.601. The fraction of sp³-hybridized carbons (Fsp3) is 0.467. The molecule has 0 fully saturated rings. The van der Waals surface area contributed by atoms with E-state index in [9.17, 15) is 0 Å². The van der Waals surface area contributed by atoms with Crippen LogP contribution in [0.5, 0.6) is 0 Å². The number of rotatable bonds is 6. The molecule has 0 aliphatic heterocycles. The molecule has 1 aromatic heterocycles. The Kier molecular flexibility index (Phi) is 5.05. The Morgan fingerprint density at radius 1 is 1.21 bits per heavy atom. The summed E-state index contributed by atoms with van der Waals surface area (Å²) in [5.74, 6) is 0. The maximum absolute atomic E-state index is 4.24. The Bertz CT molecular complexity index is 504. The lowest BCUT2D eigenvalue weighted by Crippen LogP contribution is -2.23. The topological polar surface area (TPSA) is 37.8 Å². The van der Waals surface area contributed by atoms with Crippen LogP contribution < -0.4 is 5.32 Å². The van der Waals surface area contributed by atoms with Gasteiger partial charge in [0.05, 0.1) is 16.6 Å². The van der Waals surface area contributed by atoms with E-state index in [-0.39, 0.29) is 6.04 Å².